The molecule has 4 nitrogen and oxygen atoms in total. The molecule has 0 unspecified atom stereocenters. The quantitative estimate of drug-likeness (QED) is 0.213. The molecule has 0 aromatic heterocycles. The van der Waals surface area contributed by atoms with Crippen LogP contribution >= 0.6 is 11.6 Å². The van der Waals surface area contributed by atoms with Crippen LogP contribution in [0.1, 0.15) is 0 Å². The molecule has 0 aromatic rings. The van der Waals surface area contributed by atoms with Crippen molar-refractivity contribution in [3.8, 4) is 0 Å². The Kier molecular flexibility index (Phi) is 2.41. The normalized spacial score (nSPS) is 19.1. The van der Waals surface area contributed by atoms with E-state index < -0.39 is 11.1 Å². The zero-order chi connectivity index (χ0) is 5.49. The summed E-state index contributed by atoms with van der Waals surface area (Å²) < 4.78 is 0. The molecule has 0 amide bonds. The Morgan fingerprint density at radius 3 is 2.00 bits per heavy atom. The number of carboxylic acids is 1. The smallest absolute Gasteiger partial charge is 0.544 e. The van der Waals surface area contributed by atoms with Crippen molar-refractivity contribution in [3.05, 3.63) is 0 Å². The van der Waals surface area contributed by atoms with Gasteiger partial charge in [0.15, 0.2) is 0 Å². The van der Waals surface area contributed by atoms with Gasteiger partial charge in [0.25, 0.3) is 0 Å². The van der Waals surface area contributed by atoms with Gasteiger partial charge in [-0.15, -0.1) is 10.2 Å². The van der Waals surface area contributed by atoms with E-state index in [-0.39, 0.29) is 29.6 Å². The van der Waals surface area contributed by atoms with Crippen LogP contribution in [-0.2, 0) is 4.79 Å². The van der Waals surface area contributed by atoms with E-state index >= 15 is 0 Å². The number of carboxylic acid groups (broad SMARTS) is 1. The van der Waals surface area contributed by atoms with Gasteiger partial charge in [0.05, 0.1) is 0 Å². The van der Waals surface area contributed by atoms with Crippen LogP contribution in [0.5, 0.6) is 0 Å². The van der Waals surface area contributed by atoms with E-state index in [0.29, 0.717) is 0 Å². The molecule has 6 heteroatoms. The van der Waals surface area contributed by atoms with E-state index in [2.05, 4.69) is 10.2 Å². The number of carbonyl (C=O) groups is 1. The number of nitrogens with zero attached hydrogens (tertiary/aromatic N) is 2. The second kappa shape index (κ2) is 2.31. The third kappa shape index (κ3) is 1.42. The summed E-state index contributed by atoms with van der Waals surface area (Å²) in [6.45, 7) is 0. The topological polar surface area (TPSA) is 64.8 Å². The SMILES string of the molecule is O=C([O-])C1(Cl)N=N1.[Na+]. The molecule has 1 aliphatic rings. The molecule has 1 heterocycles. The van der Waals surface area contributed by atoms with Crippen molar-refractivity contribution in [1.82, 2.24) is 0 Å². The van der Waals surface area contributed by atoms with Gasteiger partial charge in [-0.2, -0.15) is 0 Å². The summed E-state index contributed by atoms with van der Waals surface area (Å²) in [6, 6.07) is 0. The molecule has 1 aliphatic heterocycles. The van der Waals surface area contributed by atoms with Crippen molar-refractivity contribution in [2.45, 2.75) is 5.12 Å². The predicted octanol–water partition coefficient (Wildman–Crippen LogP) is -3.90. The second-order valence-electron chi connectivity index (χ2n) is 1.07. The number of halogens is 1. The second-order valence-corrected chi connectivity index (χ2v) is 1.60. The van der Waals surface area contributed by atoms with Crippen molar-refractivity contribution in [1.29, 1.82) is 0 Å². The maximum absolute atomic E-state index is 9.65. The van der Waals surface area contributed by atoms with Crippen LogP contribution in [0.4, 0.5) is 0 Å². The number of rotatable bonds is 1. The molecular weight excluding hydrogens is 142 g/mol. The van der Waals surface area contributed by atoms with E-state index in [4.69, 9.17) is 11.6 Å². The molecule has 0 atom stereocenters. The maximum atomic E-state index is 9.65. The first-order valence-electron chi connectivity index (χ1n) is 1.49. The number of alkyl halides is 1. The molecule has 1 rings (SSSR count). The summed E-state index contributed by atoms with van der Waals surface area (Å²) in [4.78, 5) is 9.65. The van der Waals surface area contributed by atoms with Gasteiger partial charge in [0, 0.05) is 0 Å². The van der Waals surface area contributed by atoms with Crippen molar-refractivity contribution in [2.75, 3.05) is 0 Å². The van der Waals surface area contributed by atoms with Gasteiger partial charge in [0.1, 0.15) is 5.97 Å². The van der Waals surface area contributed by atoms with Crippen LogP contribution in [-0.4, -0.2) is 11.1 Å². The number of hydrogen-bond donors (Lipinski definition) is 0. The maximum Gasteiger partial charge on any atom is 1.00 e. The fourth-order valence-electron chi connectivity index (χ4n) is 0.126. The summed E-state index contributed by atoms with van der Waals surface area (Å²) in [5.74, 6) is -1.46. The average Bonchev–Trinajstić information content (AvgIpc) is 2.21. The summed E-state index contributed by atoms with van der Waals surface area (Å²) in [5.41, 5.74) is 0. The molecule has 0 aliphatic carbocycles. The zero-order valence-corrected chi connectivity index (χ0v) is 6.84. The zero-order valence-electron chi connectivity index (χ0n) is 4.09. The molecule has 0 bridgehead atoms. The van der Waals surface area contributed by atoms with Crippen LogP contribution in [0.2, 0.25) is 0 Å². The van der Waals surface area contributed by atoms with Gasteiger partial charge in [-0.05, 0) is 0 Å². The molecule has 0 spiro atoms. The van der Waals surface area contributed by atoms with E-state index in [9.17, 15) is 9.90 Å². The third-order valence-corrected chi connectivity index (χ3v) is 0.841. The van der Waals surface area contributed by atoms with Crippen LogP contribution in [0.25, 0.3) is 0 Å². The van der Waals surface area contributed by atoms with Crippen molar-refractivity contribution < 1.29 is 39.5 Å². The Morgan fingerprint density at radius 2 is 2.00 bits per heavy atom. The Balaban J connectivity index is 0.000000490. The molecule has 38 valence electrons. The number of hydrogen-bond acceptors (Lipinski definition) is 4. The summed E-state index contributed by atoms with van der Waals surface area (Å²) in [6.07, 6.45) is 0. The first-order chi connectivity index (χ1) is 3.15. The van der Waals surface area contributed by atoms with Gasteiger partial charge in [-0.25, -0.2) is 0 Å². The van der Waals surface area contributed by atoms with E-state index in [1.54, 1.807) is 0 Å². The fraction of sp³-hybridized carbons (Fsp3) is 0.500. The molecule has 0 N–H and O–H groups in total. The Labute approximate surface area is 72.2 Å². The monoisotopic (exact) mass is 142 g/mol. The number of aliphatic carboxylic acids is 1. The Morgan fingerprint density at radius 1 is 1.62 bits per heavy atom. The summed E-state index contributed by atoms with van der Waals surface area (Å²) >= 11 is 4.98. The van der Waals surface area contributed by atoms with Crippen molar-refractivity contribution in [3.63, 3.8) is 0 Å². The molecule has 0 fully saturated rings. The van der Waals surface area contributed by atoms with Gasteiger partial charge in [-0.3, -0.25) is 0 Å². The molecule has 0 saturated carbocycles. The standard InChI is InChI=1S/C2HClN2O2.Na/c3-2(1(6)7)4-5-2;/h(H,6,7);/q;+1/p-1. The van der Waals surface area contributed by atoms with Gasteiger partial charge < -0.3 is 9.90 Å². The minimum Gasteiger partial charge on any atom is -0.544 e. The first-order valence-corrected chi connectivity index (χ1v) is 1.87. The van der Waals surface area contributed by atoms with Crippen LogP contribution in [0, 0.1) is 0 Å². The average molecular weight is 142 g/mol. The molecular formula is C2ClN2NaO2. The van der Waals surface area contributed by atoms with Crippen LogP contribution in [0.3, 0.4) is 0 Å². The van der Waals surface area contributed by atoms with Crippen molar-refractivity contribution >= 4 is 17.6 Å². The van der Waals surface area contributed by atoms with E-state index in [1.165, 1.54) is 0 Å². The summed E-state index contributed by atoms with van der Waals surface area (Å²) in [5, 5.41) is 13.9. The molecule has 0 radical (unpaired) electrons. The van der Waals surface area contributed by atoms with Gasteiger partial charge >= 0.3 is 34.7 Å². The molecule has 0 saturated heterocycles. The van der Waals surface area contributed by atoms with E-state index in [1.807, 2.05) is 0 Å². The number of carbonyl (C=O) groups excluding carboxylic acids is 1. The molecule has 0 aromatic carbocycles. The Hall–Kier alpha value is 0.360. The van der Waals surface area contributed by atoms with Gasteiger partial charge in [-0.1, -0.05) is 11.6 Å². The Bertz CT molecular complexity index is 141. The van der Waals surface area contributed by atoms with Crippen LogP contribution in [0.15, 0.2) is 10.2 Å². The molecule has 8 heavy (non-hydrogen) atoms. The van der Waals surface area contributed by atoms with Crippen molar-refractivity contribution in [2.24, 2.45) is 10.2 Å². The minimum atomic E-state index is -1.72. The van der Waals surface area contributed by atoms with Gasteiger partial charge in [0.2, 0.25) is 0 Å². The van der Waals surface area contributed by atoms with E-state index in [0.717, 1.165) is 0 Å². The first kappa shape index (κ1) is 8.36. The van der Waals surface area contributed by atoms with Crippen LogP contribution < -0.4 is 34.7 Å². The predicted molar refractivity (Wildman–Crippen MR) is 18.4 cm³/mol. The minimum absolute atomic E-state index is 0. The third-order valence-electron chi connectivity index (χ3n) is 0.535. The fourth-order valence-corrected chi connectivity index (χ4v) is 0.163. The largest absolute Gasteiger partial charge is 1.00 e. The summed E-state index contributed by atoms with van der Waals surface area (Å²) in [7, 11) is 0.